The Morgan fingerprint density at radius 3 is 2.88 bits per heavy atom. The molecule has 0 radical (unpaired) electrons. The topological polar surface area (TPSA) is 59.6 Å². The minimum absolute atomic E-state index is 0.0193. The van der Waals surface area contributed by atoms with E-state index in [1.807, 2.05) is 0 Å². The SMILES string of the molecule is CCOc1cccc(CNC(=O)CC(C)C2CCCNC2)c1OC(F)F. The molecule has 0 spiro atoms. The molecule has 5 nitrogen and oxygen atoms in total. The van der Waals surface area contributed by atoms with Crippen molar-refractivity contribution in [3.8, 4) is 11.5 Å². The molecule has 1 aliphatic rings. The van der Waals surface area contributed by atoms with Crippen LogP contribution in [0.5, 0.6) is 11.5 Å². The van der Waals surface area contributed by atoms with Crippen LogP contribution >= 0.6 is 0 Å². The average Bonchev–Trinajstić information content (AvgIpc) is 2.62. The summed E-state index contributed by atoms with van der Waals surface area (Å²) in [6.45, 7) is 3.33. The normalized spacial score (nSPS) is 18.4. The maximum atomic E-state index is 12.7. The summed E-state index contributed by atoms with van der Waals surface area (Å²) < 4.78 is 35.4. The van der Waals surface area contributed by atoms with Gasteiger partial charge in [-0.05, 0) is 50.8 Å². The number of rotatable bonds is 9. The van der Waals surface area contributed by atoms with Gasteiger partial charge in [0.15, 0.2) is 11.5 Å². The van der Waals surface area contributed by atoms with E-state index in [0.29, 0.717) is 24.5 Å². The number of nitrogens with one attached hydrogen (secondary N) is 2. The fourth-order valence-corrected chi connectivity index (χ4v) is 3.28. The highest BCUT2D eigenvalue weighted by Gasteiger charge is 2.22. The van der Waals surface area contributed by atoms with Gasteiger partial charge in [-0.3, -0.25) is 4.79 Å². The number of carbonyl (C=O) groups is 1. The van der Waals surface area contributed by atoms with Gasteiger partial charge in [-0.1, -0.05) is 19.1 Å². The number of halogens is 2. The van der Waals surface area contributed by atoms with E-state index in [1.165, 1.54) is 0 Å². The highest BCUT2D eigenvalue weighted by molar-refractivity contribution is 5.76. The summed E-state index contributed by atoms with van der Waals surface area (Å²) in [5, 5.41) is 6.17. The Bertz CT molecular complexity index is 578. The fourth-order valence-electron chi connectivity index (χ4n) is 3.28. The zero-order valence-electron chi connectivity index (χ0n) is 15.4. The molecule has 1 saturated heterocycles. The summed E-state index contributed by atoms with van der Waals surface area (Å²) in [5.41, 5.74) is 0.469. The molecule has 1 aromatic rings. The minimum Gasteiger partial charge on any atom is -0.490 e. The molecule has 1 amide bonds. The number of hydrogen-bond acceptors (Lipinski definition) is 4. The highest BCUT2D eigenvalue weighted by Crippen LogP contribution is 2.33. The Hall–Kier alpha value is -1.89. The maximum absolute atomic E-state index is 12.7. The minimum atomic E-state index is -2.95. The molecule has 2 N–H and O–H groups in total. The number of hydrogen-bond donors (Lipinski definition) is 2. The van der Waals surface area contributed by atoms with Crippen LogP contribution in [0, 0.1) is 11.8 Å². The summed E-state index contributed by atoms with van der Waals surface area (Å²) in [6, 6.07) is 4.92. The maximum Gasteiger partial charge on any atom is 0.387 e. The molecule has 0 bridgehead atoms. The molecule has 1 fully saturated rings. The van der Waals surface area contributed by atoms with Crippen molar-refractivity contribution in [1.82, 2.24) is 10.6 Å². The second-order valence-electron chi connectivity index (χ2n) is 6.62. The Morgan fingerprint density at radius 1 is 1.42 bits per heavy atom. The molecule has 26 heavy (non-hydrogen) atoms. The molecule has 2 atom stereocenters. The predicted octanol–water partition coefficient (Wildman–Crippen LogP) is 3.33. The van der Waals surface area contributed by atoms with E-state index in [4.69, 9.17) is 4.74 Å². The third-order valence-electron chi connectivity index (χ3n) is 4.69. The van der Waals surface area contributed by atoms with E-state index in [1.54, 1.807) is 25.1 Å². The Labute approximate surface area is 153 Å². The molecule has 1 aliphatic heterocycles. The van der Waals surface area contributed by atoms with Crippen molar-refractivity contribution < 1.29 is 23.0 Å². The number of carbonyl (C=O) groups excluding carboxylic acids is 1. The van der Waals surface area contributed by atoms with Crippen LogP contribution in [0.2, 0.25) is 0 Å². The van der Waals surface area contributed by atoms with Gasteiger partial charge in [0.25, 0.3) is 0 Å². The van der Waals surface area contributed by atoms with Crippen LogP contribution in [0.1, 0.15) is 38.7 Å². The first-order chi connectivity index (χ1) is 12.5. The molecule has 146 valence electrons. The molecule has 0 aliphatic carbocycles. The first-order valence-corrected chi connectivity index (χ1v) is 9.18. The number of benzene rings is 1. The molecule has 0 aromatic heterocycles. The quantitative estimate of drug-likeness (QED) is 0.700. The number of para-hydroxylation sites is 1. The van der Waals surface area contributed by atoms with E-state index < -0.39 is 6.61 Å². The lowest BCUT2D eigenvalue weighted by atomic mass is 9.85. The van der Waals surface area contributed by atoms with Crippen LogP contribution in [0.3, 0.4) is 0 Å². The number of ether oxygens (including phenoxy) is 2. The lowest BCUT2D eigenvalue weighted by molar-refractivity contribution is -0.122. The van der Waals surface area contributed by atoms with E-state index in [9.17, 15) is 13.6 Å². The summed E-state index contributed by atoms with van der Waals surface area (Å²) in [4.78, 5) is 12.3. The van der Waals surface area contributed by atoms with Gasteiger partial charge in [0, 0.05) is 18.5 Å². The second-order valence-corrected chi connectivity index (χ2v) is 6.62. The van der Waals surface area contributed by atoms with Gasteiger partial charge >= 0.3 is 6.61 Å². The number of alkyl halides is 2. The van der Waals surface area contributed by atoms with Gasteiger partial charge in [-0.15, -0.1) is 0 Å². The summed E-state index contributed by atoms with van der Waals surface area (Å²) in [7, 11) is 0. The molecular formula is C19H28F2N2O3. The molecular weight excluding hydrogens is 342 g/mol. The van der Waals surface area contributed by atoms with Gasteiger partial charge in [-0.25, -0.2) is 0 Å². The standard InChI is InChI=1S/C19H28F2N2O3/c1-3-25-16-8-4-6-15(18(16)26-19(20)21)12-23-17(24)10-13(2)14-7-5-9-22-11-14/h4,6,8,13-14,19,22H,3,5,7,9-12H2,1-2H3,(H,23,24). The summed E-state index contributed by atoms with van der Waals surface area (Å²) in [6.07, 6.45) is 2.68. The van der Waals surface area contributed by atoms with Gasteiger partial charge in [-0.2, -0.15) is 8.78 Å². The predicted molar refractivity (Wildman–Crippen MR) is 95.5 cm³/mol. The molecule has 0 saturated carbocycles. The largest absolute Gasteiger partial charge is 0.490 e. The number of piperidine rings is 1. The van der Waals surface area contributed by atoms with Gasteiger partial charge in [0.2, 0.25) is 5.91 Å². The monoisotopic (exact) mass is 370 g/mol. The summed E-state index contributed by atoms with van der Waals surface area (Å²) >= 11 is 0. The van der Waals surface area contributed by atoms with Crippen molar-refractivity contribution in [2.24, 2.45) is 11.8 Å². The van der Waals surface area contributed by atoms with Gasteiger partial charge in [0.05, 0.1) is 6.61 Å². The second kappa shape index (κ2) is 10.3. The van der Waals surface area contributed by atoms with E-state index in [-0.39, 0.29) is 29.9 Å². The first-order valence-electron chi connectivity index (χ1n) is 9.18. The van der Waals surface area contributed by atoms with Crippen molar-refractivity contribution in [1.29, 1.82) is 0 Å². The highest BCUT2D eigenvalue weighted by atomic mass is 19.3. The van der Waals surface area contributed by atoms with Crippen LogP contribution in [-0.4, -0.2) is 32.2 Å². The first kappa shape index (κ1) is 20.4. The van der Waals surface area contributed by atoms with Crippen molar-refractivity contribution in [2.75, 3.05) is 19.7 Å². The van der Waals surface area contributed by atoms with E-state index in [2.05, 4.69) is 22.3 Å². The zero-order valence-corrected chi connectivity index (χ0v) is 15.4. The lowest BCUT2D eigenvalue weighted by Gasteiger charge is -2.28. The van der Waals surface area contributed by atoms with E-state index >= 15 is 0 Å². The van der Waals surface area contributed by atoms with Gasteiger partial charge in [0.1, 0.15) is 0 Å². The molecule has 1 heterocycles. The molecule has 2 unspecified atom stereocenters. The van der Waals surface area contributed by atoms with E-state index in [0.717, 1.165) is 25.9 Å². The Morgan fingerprint density at radius 2 is 2.23 bits per heavy atom. The average molecular weight is 370 g/mol. The van der Waals surface area contributed by atoms with Crippen LogP contribution in [0.15, 0.2) is 18.2 Å². The lowest BCUT2D eigenvalue weighted by Crippen LogP contribution is -2.35. The smallest absolute Gasteiger partial charge is 0.387 e. The Kier molecular flexibility index (Phi) is 8.09. The van der Waals surface area contributed by atoms with Crippen LogP contribution in [0.4, 0.5) is 8.78 Å². The van der Waals surface area contributed by atoms with Crippen molar-refractivity contribution in [3.63, 3.8) is 0 Å². The van der Waals surface area contributed by atoms with Crippen LogP contribution in [0.25, 0.3) is 0 Å². The molecule has 1 aromatic carbocycles. The summed E-state index contributed by atoms with van der Waals surface area (Å²) in [5.74, 6) is 0.908. The fraction of sp³-hybridized carbons (Fsp3) is 0.632. The van der Waals surface area contributed by atoms with Crippen molar-refractivity contribution in [2.45, 2.75) is 46.3 Å². The molecule has 2 rings (SSSR count). The zero-order chi connectivity index (χ0) is 18.9. The van der Waals surface area contributed by atoms with Crippen molar-refractivity contribution >= 4 is 5.91 Å². The Balaban J connectivity index is 1.94. The van der Waals surface area contributed by atoms with Gasteiger partial charge < -0.3 is 20.1 Å². The van der Waals surface area contributed by atoms with Crippen LogP contribution in [-0.2, 0) is 11.3 Å². The van der Waals surface area contributed by atoms with Crippen LogP contribution < -0.4 is 20.1 Å². The molecule has 7 heteroatoms. The van der Waals surface area contributed by atoms with Crippen molar-refractivity contribution in [3.05, 3.63) is 23.8 Å². The number of amides is 1. The third kappa shape index (κ3) is 6.12. The third-order valence-corrected chi connectivity index (χ3v) is 4.69.